The van der Waals surface area contributed by atoms with Crippen LogP contribution >= 0.6 is 0 Å². The minimum absolute atomic E-state index is 0.00877. The van der Waals surface area contributed by atoms with E-state index in [-0.39, 0.29) is 42.3 Å². The number of carbonyl (C=O) groups is 3. The number of fused-ring (bicyclic) bond motifs is 1. The maximum Gasteiger partial charge on any atom is 0.308 e. The van der Waals surface area contributed by atoms with Gasteiger partial charge in [0.1, 0.15) is 6.10 Å². The monoisotopic (exact) mass is 372 g/mol. The summed E-state index contributed by atoms with van der Waals surface area (Å²) in [7, 11) is 0. The third kappa shape index (κ3) is 3.89. The van der Waals surface area contributed by atoms with Crippen LogP contribution in [-0.4, -0.2) is 34.2 Å². The van der Waals surface area contributed by atoms with Crippen molar-refractivity contribution in [2.24, 2.45) is 11.8 Å². The number of imide groups is 1. The highest BCUT2D eigenvalue weighted by molar-refractivity contribution is 6.05. The number of ether oxygens (including phenoxy) is 1. The second-order valence-corrected chi connectivity index (χ2v) is 6.72. The normalized spacial score (nSPS) is 22.5. The highest BCUT2D eigenvalue weighted by Crippen LogP contribution is 2.35. The van der Waals surface area contributed by atoms with Gasteiger partial charge in [-0.15, -0.1) is 0 Å². The van der Waals surface area contributed by atoms with Crippen LogP contribution in [0.4, 0.5) is 5.69 Å². The van der Waals surface area contributed by atoms with Gasteiger partial charge in [-0.2, -0.15) is 0 Å². The van der Waals surface area contributed by atoms with E-state index in [4.69, 9.17) is 4.74 Å². The van der Waals surface area contributed by atoms with Crippen LogP contribution in [0.5, 0.6) is 0 Å². The zero-order chi connectivity index (χ0) is 19.6. The largest absolute Gasteiger partial charge is 0.458 e. The van der Waals surface area contributed by atoms with Crippen molar-refractivity contribution in [3.63, 3.8) is 0 Å². The molecule has 142 valence electrons. The van der Waals surface area contributed by atoms with Gasteiger partial charge in [-0.1, -0.05) is 24.3 Å². The highest BCUT2D eigenvalue weighted by Gasteiger charge is 2.46. The average Bonchev–Trinajstić information content (AvgIpc) is 2.91. The molecule has 2 aliphatic rings. The zero-order valence-electron chi connectivity index (χ0n) is 14.9. The number of nitro benzene ring substituents is 1. The number of likely N-dealkylation sites (tertiary alicyclic amines) is 1. The van der Waals surface area contributed by atoms with Crippen LogP contribution < -0.4 is 0 Å². The first-order valence-electron chi connectivity index (χ1n) is 8.82. The van der Waals surface area contributed by atoms with Gasteiger partial charge >= 0.3 is 5.97 Å². The first kappa shape index (κ1) is 18.8. The summed E-state index contributed by atoms with van der Waals surface area (Å²) in [6.07, 6.45) is 4.15. The lowest BCUT2D eigenvalue weighted by Crippen LogP contribution is -2.33. The van der Waals surface area contributed by atoms with E-state index in [1.807, 2.05) is 12.2 Å². The topological polar surface area (TPSA) is 107 Å². The number of non-ortho nitro benzene ring substituents is 1. The van der Waals surface area contributed by atoms with Gasteiger partial charge in [-0.3, -0.25) is 29.4 Å². The Hall–Kier alpha value is -3.03. The Morgan fingerprint density at radius 3 is 2.48 bits per heavy atom. The maximum atomic E-state index is 12.4. The Balaban J connectivity index is 1.55. The van der Waals surface area contributed by atoms with Gasteiger partial charge in [-0.05, 0) is 25.3 Å². The molecule has 0 saturated carbocycles. The van der Waals surface area contributed by atoms with Crippen LogP contribution in [0.2, 0.25) is 0 Å². The van der Waals surface area contributed by atoms with Crippen molar-refractivity contribution < 1.29 is 24.0 Å². The molecular weight excluding hydrogens is 352 g/mol. The molecule has 27 heavy (non-hydrogen) atoms. The molecule has 2 amide bonds. The van der Waals surface area contributed by atoms with Crippen LogP contribution in [0, 0.1) is 22.0 Å². The summed E-state index contributed by atoms with van der Waals surface area (Å²) >= 11 is 0. The lowest BCUT2D eigenvalue weighted by Gasteiger charge is -2.16. The molecule has 0 N–H and O–H groups in total. The van der Waals surface area contributed by atoms with Crippen molar-refractivity contribution in [3.05, 3.63) is 52.1 Å². The van der Waals surface area contributed by atoms with Crippen LogP contribution in [0.25, 0.3) is 0 Å². The molecule has 0 radical (unpaired) electrons. The van der Waals surface area contributed by atoms with Crippen LogP contribution in [0.15, 0.2) is 36.4 Å². The molecule has 8 nitrogen and oxygen atoms in total. The highest BCUT2D eigenvalue weighted by atomic mass is 16.6. The number of nitro groups is 1. The number of amides is 2. The van der Waals surface area contributed by atoms with Gasteiger partial charge in [0.25, 0.3) is 5.69 Å². The smallest absolute Gasteiger partial charge is 0.308 e. The quantitative estimate of drug-likeness (QED) is 0.250. The van der Waals surface area contributed by atoms with Gasteiger partial charge in [0.15, 0.2) is 0 Å². The molecule has 3 atom stereocenters. The Bertz CT molecular complexity index is 792. The van der Waals surface area contributed by atoms with Gasteiger partial charge in [0.2, 0.25) is 11.8 Å². The summed E-state index contributed by atoms with van der Waals surface area (Å²) in [5.74, 6) is -1.66. The van der Waals surface area contributed by atoms with E-state index in [0.717, 1.165) is 4.90 Å². The fourth-order valence-corrected chi connectivity index (χ4v) is 3.51. The van der Waals surface area contributed by atoms with E-state index >= 15 is 0 Å². The molecular formula is C19H20N2O6. The standard InChI is InChI=1S/C19H20N2O6/c1-12(13-5-4-6-14(11-13)21(25)26)27-17(22)9-10-20-18(23)15-7-2-3-8-16(15)19(20)24/h2-6,11-12,15-16H,7-10H2,1H3/t12-,15-,16+/m1/s1. The minimum Gasteiger partial charge on any atom is -0.458 e. The van der Waals surface area contributed by atoms with E-state index in [1.165, 1.54) is 18.2 Å². The van der Waals surface area contributed by atoms with Crippen molar-refractivity contribution in [1.29, 1.82) is 0 Å². The molecule has 1 aromatic rings. The third-order valence-electron chi connectivity index (χ3n) is 5.00. The van der Waals surface area contributed by atoms with Crippen LogP contribution in [-0.2, 0) is 19.1 Å². The fourth-order valence-electron chi connectivity index (χ4n) is 3.51. The predicted molar refractivity (Wildman–Crippen MR) is 94.3 cm³/mol. The van der Waals surface area contributed by atoms with Gasteiger partial charge in [0.05, 0.1) is 23.2 Å². The molecule has 0 unspecified atom stereocenters. The number of esters is 1. The van der Waals surface area contributed by atoms with E-state index < -0.39 is 17.0 Å². The van der Waals surface area contributed by atoms with Crippen LogP contribution in [0.3, 0.4) is 0 Å². The molecule has 0 bridgehead atoms. The summed E-state index contributed by atoms with van der Waals surface area (Å²) in [5.41, 5.74) is 0.419. The zero-order valence-corrected chi connectivity index (χ0v) is 14.9. The number of allylic oxidation sites excluding steroid dienone is 2. The Morgan fingerprint density at radius 2 is 1.89 bits per heavy atom. The molecule has 1 aromatic carbocycles. The van der Waals surface area contributed by atoms with Crippen molar-refractivity contribution in [3.8, 4) is 0 Å². The maximum absolute atomic E-state index is 12.4. The molecule has 1 heterocycles. The molecule has 0 aromatic heterocycles. The van der Waals surface area contributed by atoms with Crippen molar-refractivity contribution in [2.45, 2.75) is 32.3 Å². The molecule has 1 fully saturated rings. The van der Waals surface area contributed by atoms with E-state index in [9.17, 15) is 24.5 Å². The number of hydrogen-bond acceptors (Lipinski definition) is 6. The van der Waals surface area contributed by atoms with Gasteiger partial charge < -0.3 is 4.74 Å². The number of nitrogens with zero attached hydrogens (tertiary/aromatic N) is 2. The molecule has 1 aliphatic carbocycles. The average molecular weight is 372 g/mol. The first-order chi connectivity index (χ1) is 12.9. The predicted octanol–water partition coefficient (Wildman–Crippen LogP) is 2.54. The number of hydrogen-bond donors (Lipinski definition) is 0. The third-order valence-corrected chi connectivity index (χ3v) is 5.00. The van der Waals surface area contributed by atoms with Crippen molar-refractivity contribution >= 4 is 23.5 Å². The summed E-state index contributed by atoms with van der Waals surface area (Å²) in [6, 6.07) is 5.87. The van der Waals surface area contributed by atoms with Crippen LogP contribution in [0.1, 0.15) is 37.9 Å². The number of carbonyl (C=O) groups excluding carboxylic acids is 3. The van der Waals surface area contributed by atoms with E-state index in [2.05, 4.69) is 0 Å². The Kier molecular flexibility index (Phi) is 5.34. The molecule has 1 aliphatic heterocycles. The number of benzene rings is 1. The lowest BCUT2D eigenvalue weighted by atomic mass is 9.85. The lowest BCUT2D eigenvalue weighted by molar-refractivity contribution is -0.385. The molecule has 8 heteroatoms. The first-order valence-corrected chi connectivity index (χ1v) is 8.82. The summed E-state index contributed by atoms with van der Waals surface area (Å²) in [5, 5.41) is 10.8. The van der Waals surface area contributed by atoms with Crippen molar-refractivity contribution in [2.75, 3.05) is 6.54 Å². The summed E-state index contributed by atoms with van der Waals surface area (Å²) in [6.45, 7) is 1.61. The molecule has 0 spiro atoms. The van der Waals surface area contributed by atoms with Gasteiger partial charge in [0, 0.05) is 18.7 Å². The van der Waals surface area contributed by atoms with E-state index in [0.29, 0.717) is 18.4 Å². The number of rotatable bonds is 6. The summed E-state index contributed by atoms with van der Waals surface area (Å²) < 4.78 is 5.30. The molecule has 1 saturated heterocycles. The van der Waals surface area contributed by atoms with E-state index in [1.54, 1.807) is 13.0 Å². The minimum atomic E-state index is -0.672. The van der Waals surface area contributed by atoms with Crippen molar-refractivity contribution in [1.82, 2.24) is 4.90 Å². The molecule has 3 rings (SSSR count). The Morgan fingerprint density at radius 1 is 1.26 bits per heavy atom. The summed E-state index contributed by atoms with van der Waals surface area (Å²) in [4.78, 5) is 48.3. The van der Waals surface area contributed by atoms with Gasteiger partial charge in [-0.25, -0.2) is 0 Å². The Labute approximate surface area is 155 Å². The SMILES string of the molecule is C[C@@H](OC(=O)CCN1C(=O)[C@H]2CC=CC[C@H]2C1=O)c1cccc([N+](=O)[O-])c1. The second kappa shape index (κ2) is 7.69. The second-order valence-electron chi connectivity index (χ2n) is 6.72. The fraction of sp³-hybridized carbons (Fsp3) is 0.421.